The van der Waals surface area contributed by atoms with Crippen molar-refractivity contribution in [2.75, 3.05) is 6.61 Å². The van der Waals surface area contributed by atoms with Crippen molar-refractivity contribution in [1.82, 2.24) is 0 Å². The van der Waals surface area contributed by atoms with Crippen molar-refractivity contribution in [3.63, 3.8) is 0 Å². The highest BCUT2D eigenvalue weighted by Crippen LogP contribution is 2.30. The Morgan fingerprint density at radius 2 is 1.41 bits per heavy atom. The zero-order valence-corrected chi connectivity index (χ0v) is 17.3. The van der Waals surface area contributed by atoms with Crippen LogP contribution in [0.5, 0.6) is 5.75 Å². The van der Waals surface area contributed by atoms with Gasteiger partial charge in [-0.2, -0.15) is 0 Å². The predicted octanol–water partition coefficient (Wildman–Crippen LogP) is 7.32. The number of ether oxygens (including phenoxy) is 1. The Kier molecular flexibility index (Phi) is 8.06. The van der Waals surface area contributed by atoms with Crippen LogP contribution in [0.3, 0.4) is 0 Å². The first-order valence-corrected chi connectivity index (χ1v) is 10.7. The third kappa shape index (κ3) is 6.05. The molecule has 0 atom stereocenters. The van der Waals surface area contributed by atoms with E-state index in [2.05, 4.69) is 6.92 Å². The fourth-order valence-corrected chi connectivity index (χ4v) is 3.49. The van der Waals surface area contributed by atoms with Crippen molar-refractivity contribution < 1.29 is 9.53 Å². The maximum atomic E-state index is 13.1. The average molecular weight is 387 g/mol. The van der Waals surface area contributed by atoms with Gasteiger partial charge in [-0.15, -0.1) is 0 Å². The van der Waals surface area contributed by atoms with Crippen LogP contribution in [0.2, 0.25) is 0 Å². The molecule has 3 rings (SSSR count). The average Bonchev–Trinajstić information content (AvgIpc) is 2.79. The molecule has 0 aromatic heterocycles. The molecule has 0 aliphatic heterocycles. The van der Waals surface area contributed by atoms with E-state index in [1.54, 1.807) is 0 Å². The molecule has 0 spiro atoms. The molecule has 0 heterocycles. The van der Waals surface area contributed by atoms with Crippen molar-refractivity contribution in [3.8, 4) is 16.9 Å². The van der Waals surface area contributed by atoms with Crippen molar-refractivity contribution in [2.45, 2.75) is 45.4 Å². The highest BCUT2D eigenvalue weighted by Gasteiger charge is 2.15. The first kappa shape index (κ1) is 20.9. The molecule has 0 unspecified atom stereocenters. The fraction of sp³-hybridized carbons (Fsp3) is 0.296. The van der Waals surface area contributed by atoms with Gasteiger partial charge in [0.1, 0.15) is 5.75 Å². The van der Waals surface area contributed by atoms with Gasteiger partial charge in [-0.25, -0.2) is 0 Å². The van der Waals surface area contributed by atoms with Crippen LogP contribution in [0.4, 0.5) is 0 Å². The summed E-state index contributed by atoms with van der Waals surface area (Å²) in [4.78, 5) is 13.1. The van der Waals surface area contributed by atoms with Gasteiger partial charge in [0.25, 0.3) is 0 Å². The fourth-order valence-electron chi connectivity index (χ4n) is 3.49. The normalized spacial score (nSPS) is 10.7. The third-order valence-electron chi connectivity index (χ3n) is 5.12. The molecule has 0 saturated carbocycles. The topological polar surface area (TPSA) is 26.3 Å². The number of benzene rings is 3. The summed E-state index contributed by atoms with van der Waals surface area (Å²) in [6, 6.07) is 25.3. The largest absolute Gasteiger partial charge is 0.494 e. The standard InChI is InChI=1S/C27H30O2/c1-2-3-4-5-6-13-20-29-24-18-19-25(27(28)23-16-11-8-12-17-23)26(21-24)22-14-9-7-10-15-22/h7-12,14-19,21H,2-6,13,20H2,1H3. The maximum Gasteiger partial charge on any atom is 0.193 e. The Morgan fingerprint density at radius 1 is 0.759 bits per heavy atom. The number of hydrogen-bond acceptors (Lipinski definition) is 2. The van der Waals surface area contributed by atoms with Crippen LogP contribution in [-0.2, 0) is 0 Å². The molecule has 0 N–H and O–H groups in total. The number of ketones is 1. The van der Waals surface area contributed by atoms with Crippen LogP contribution in [0.25, 0.3) is 11.1 Å². The Labute approximate surface area is 174 Å². The van der Waals surface area contributed by atoms with Crippen LogP contribution in [0, 0.1) is 0 Å². The Bertz CT molecular complexity index is 885. The van der Waals surface area contributed by atoms with Gasteiger partial charge >= 0.3 is 0 Å². The zero-order chi connectivity index (χ0) is 20.3. The van der Waals surface area contributed by atoms with Crippen LogP contribution < -0.4 is 4.74 Å². The van der Waals surface area contributed by atoms with Gasteiger partial charge < -0.3 is 4.74 Å². The molecule has 150 valence electrons. The van der Waals surface area contributed by atoms with Gasteiger partial charge in [0.2, 0.25) is 0 Å². The summed E-state index contributed by atoms with van der Waals surface area (Å²) in [6.45, 7) is 2.95. The lowest BCUT2D eigenvalue weighted by atomic mass is 9.93. The lowest BCUT2D eigenvalue weighted by Gasteiger charge is -2.13. The quantitative estimate of drug-likeness (QED) is 0.255. The molecule has 29 heavy (non-hydrogen) atoms. The van der Waals surface area contributed by atoms with Crippen LogP contribution in [-0.4, -0.2) is 12.4 Å². The van der Waals surface area contributed by atoms with Gasteiger partial charge in [0.15, 0.2) is 5.78 Å². The van der Waals surface area contributed by atoms with E-state index in [9.17, 15) is 4.79 Å². The highest BCUT2D eigenvalue weighted by atomic mass is 16.5. The van der Waals surface area contributed by atoms with Crippen molar-refractivity contribution in [2.24, 2.45) is 0 Å². The minimum absolute atomic E-state index is 0.0342. The highest BCUT2D eigenvalue weighted by molar-refractivity contribution is 6.13. The van der Waals surface area contributed by atoms with E-state index in [4.69, 9.17) is 4.74 Å². The summed E-state index contributed by atoms with van der Waals surface area (Å²) in [5.41, 5.74) is 3.34. The van der Waals surface area contributed by atoms with Crippen molar-refractivity contribution in [1.29, 1.82) is 0 Å². The number of unbranched alkanes of at least 4 members (excludes halogenated alkanes) is 5. The van der Waals surface area contributed by atoms with Crippen LogP contribution in [0.1, 0.15) is 61.4 Å². The number of carbonyl (C=O) groups excluding carboxylic acids is 1. The number of rotatable bonds is 11. The summed E-state index contributed by atoms with van der Waals surface area (Å²) in [6.07, 6.45) is 7.44. The van der Waals surface area contributed by atoms with E-state index in [1.165, 1.54) is 32.1 Å². The molecule has 3 aromatic rings. The number of hydrogen-bond donors (Lipinski definition) is 0. The summed E-state index contributed by atoms with van der Waals surface area (Å²) in [5, 5.41) is 0. The molecule has 2 nitrogen and oxygen atoms in total. The van der Waals surface area contributed by atoms with E-state index in [0.29, 0.717) is 17.7 Å². The smallest absolute Gasteiger partial charge is 0.193 e. The van der Waals surface area contributed by atoms with Crippen LogP contribution >= 0.6 is 0 Å². The Morgan fingerprint density at radius 3 is 2.14 bits per heavy atom. The minimum atomic E-state index is 0.0342. The number of carbonyl (C=O) groups is 1. The van der Waals surface area contributed by atoms with Crippen LogP contribution in [0.15, 0.2) is 78.9 Å². The van der Waals surface area contributed by atoms with E-state index < -0.39 is 0 Å². The molecule has 0 saturated heterocycles. The second-order valence-corrected chi connectivity index (χ2v) is 7.38. The molecule has 0 bridgehead atoms. The van der Waals surface area contributed by atoms with Crippen molar-refractivity contribution >= 4 is 5.78 Å². The minimum Gasteiger partial charge on any atom is -0.494 e. The summed E-state index contributed by atoms with van der Waals surface area (Å²) in [7, 11) is 0. The molecular weight excluding hydrogens is 356 g/mol. The van der Waals surface area contributed by atoms with Gasteiger partial charge in [-0.3, -0.25) is 4.79 Å². The van der Waals surface area contributed by atoms with Crippen molar-refractivity contribution in [3.05, 3.63) is 90.0 Å². The third-order valence-corrected chi connectivity index (χ3v) is 5.12. The summed E-state index contributed by atoms with van der Waals surface area (Å²) >= 11 is 0. The van der Waals surface area contributed by atoms with Gasteiger partial charge in [-0.05, 0) is 35.7 Å². The molecule has 0 amide bonds. The van der Waals surface area contributed by atoms with Gasteiger partial charge in [0.05, 0.1) is 6.61 Å². The second-order valence-electron chi connectivity index (χ2n) is 7.38. The molecule has 0 fully saturated rings. The summed E-state index contributed by atoms with van der Waals surface area (Å²) in [5.74, 6) is 0.856. The van der Waals surface area contributed by atoms with E-state index in [0.717, 1.165) is 23.3 Å². The molecule has 3 aromatic carbocycles. The molecular formula is C27H30O2. The second kappa shape index (κ2) is 11.2. The SMILES string of the molecule is CCCCCCCCOc1ccc(C(=O)c2ccccc2)c(-c2ccccc2)c1. The zero-order valence-electron chi connectivity index (χ0n) is 17.3. The molecule has 0 aliphatic carbocycles. The first-order valence-electron chi connectivity index (χ1n) is 10.7. The van der Waals surface area contributed by atoms with E-state index in [1.807, 2.05) is 78.9 Å². The maximum absolute atomic E-state index is 13.1. The predicted molar refractivity (Wildman–Crippen MR) is 121 cm³/mol. The lowest BCUT2D eigenvalue weighted by Crippen LogP contribution is -2.04. The monoisotopic (exact) mass is 386 g/mol. The molecule has 0 radical (unpaired) electrons. The van der Waals surface area contributed by atoms with Gasteiger partial charge in [0, 0.05) is 11.1 Å². The van der Waals surface area contributed by atoms with E-state index in [-0.39, 0.29) is 5.78 Å². The molecule has 0 aliphatic rings. The molecule has 2 heteroatoms. The first-order chi connectivity index (χ1) is 14.3. The summed E-state index contributed by atoms with van der Waals surface area (Å²) < 4.78 is 6.00. The van der Waals surface area contributed by atoms with E-state index >= 15 is 0 Å². The lowest BCUT2D eigenvalue weighted by molar-refractivity contribution is 0.103. The Balaban J connectivity index is 1.75. The van der Waals surface area contributed by atoms with Gasteiger partial charge in [-0.1, -0.05) is 99.7 Å². The Hall–Kier alpha value is -2.87.